The van der Waals surface area contributed by atoms with Crippen LogP contribution in [0.2, 0.25) is 0 Å². The predicted octanol–water partition coefficient (Wildman–Crippen LogP) is 1.47. The van der Waals surface area contributed by atoms with E-state index in [0.717, 1.165) is 38.9 Å². The molecule has 4 heteroatoms. The first-order valence-corrected chi connectivity index (χ1v) is 5.28. The van der Waals surface area contributed by atoms with Crippen LogP contribution in [0.1, 0.15) is 19.3 Å². The van der Waals surface area contributed by atoms with Crippen LogP contribution in [0.3, 0.4) is 0 Å². The third kappa shape index (κ3) is 2.38. The normalized spacial score (nSPS) is 36.9. The third-order valence-electron chi connectivity index (χ3n) is 3.43. The van der Waals surface area contributed by atoms with E-state index in [0.29, 0.717) is 0 Å². The zero-order valence-electron chi connectivity index (χ0n) is 8.36. The van der Waals surface area contributed by atoms with Crippen molar-refractivity contribution in [1.29, 1.82) is 0 Å². The Bertz CT molecular complexity index is 168. The van der Waals surface area contributed by atoms with E-state index in [1.807, 2.05) is 0 Å². The maximum Gasteiger partial charge on any atom is 0.108 e. The summed E-state index contributed by atoms with van der Waals surface area (Å²) >= 11 is 0. The van der Waals surface area contributed by atoms with Crippen molar-refractivity contribution in [3.63, 3.8) is 0 Å². The average Bonchev–Trinajstić information content (AvgIpc) is 2.41. The van der Waals surface area contributed by atoms with Crippen molar-refractivity contribution < 1.29 is 9.50 Å². The molecule has 1 aliphatic heterocycles. The molecule has 1 heterocycles. The van der Waals surface area contributed by atoms with E-state index in [2.05, 4.69) is 4.90 Å². The topological polar surface area (TPSA) is 23.5 Å². The maximum atomic E-state index is 13.5. The minimum absolute atomic E-state index is 0. The monoisotopic (exact) mass is 223 g/mol. The van der Waals surface area contributed by atoms with Gasteiger partial charge in [-0.05, 0) is 19.3 Å². The summed E-state index contributed by atoms with van der Waals surface area (Å²) in [4.78, 5) is 2.31. The summed E-state index contributed by atoms with van der Waals surface area (Å²) in [5.74, 6) is 0.579. The number of piperidine rings is 1. The quantitative estimate of drug-likeness (QED) is 0.784. The molecular formula is C10H19ClFNO. The Labute approximate surface area is 90.9 Å². The van der Waals surface area contributed by atoms with E-state index in [1.165, 1.54) is 0 Å². The molecule has 1 N–H and O–H groups in total. The Balaban J connectivity index is 0.000000980. The molecule has 2 rings (SSSR count). The lowest BCUT2D eigenvalue weighted by Gasteiger charge is -2.34. The number of aliphatic hydroxyl groups excluding tert-OH is 1. The molecule has 2 aliphatic rings. The molecule has 0 aromatic carbocycles. The Morgan fingerprint density at radius 2 is 1.79 bits per heavy atom. The van der Waals surface area contributed by atoms with Gasteiger partial charge >= 0.3 is 0 Å². The van der Waals surface area contributed by atoms with Gasteiger partial charge in [0.2, 0.25) is 0 Å². The van der Waals surface area contributed by atoms with Gasteiger partial charge in [-0.15, -0.1) is 12.4 Å². The van der Waals surface area contributed by atoms with E-state index in [-0.39, 0.29) is 30.8 Å². The van der Waals surface area contributed by atoms with Crippen molar-refractivity contribution in [1.82, 2.24) is 4.90 Å². The summed E-state index contributed by atoms with van der Waals surface area (Å²) in [6, 6.07) is 0. The summed E-state index contributed by atoms with van der Waals surface area (Å²) < 4.78 is 13.5. The number of hydrogen-bond acceptors (Lipinski definition) is 2. The van der Waals surface area contributed by atoms with Gasteiger partial charge in [-0.25, -0.2) is 4.39 Å². The number of alkyl halides is 1. The van der Waals surface area contributed by atoms with Gasteiger partial charge in [0.15, 0.2) is 0 Å². The van der Waals surface area contributed by atoms with Gasteiger partial charge in [0.05, 0.1) is 0 Å². The molecule has 0 aromatic heterocycles. The van der Waals surface area contributed by atoms with Crippen LogP contribution < -0.4 is 0 Å². The molecule has 2 bridgehead atoms. The van der Waals surface area contributed by atoms with Gasteiger partial charge in [0, 0.05) is 38.1 Å². The minimum atomic E-state index is -0.537. The zero-order valence-corrected chi connectivity index (χ0v) is 9.18. The highest BCUT2D eigenvalue weighted by Crippen LogP contribution is 2.38. The molecule has 84 valence electrons. The molecule has 0 aromatic rings. The number of halogens is 2. The van der Waals surface area contributed by atoms with Crippen molar-refractivity contribution in [2.75, 3.05) is 26.2 Å². The Kier molecular flexibility index (Phi) is 4.61. The van der Waals surface area contributed by atoms with Gasteiger partial charge in [0.1, 0.15) is 6.17 Å². The van der Waals surface area contributed by atoms with Crippen LogP contribution in [0.5, 0.6) is 0 Å². The molecule has 2 atom stereocenters. The fourth-order valence-corrected chi connectivity index (χ4v) is 2.73. The number of fused-ring (bicyclic) bond motifs is 2. The predicted molar refractivity (Wildman–Crippen MR) is 56.5 cm³/mol. The van der Waals surface area contributed by atoms with E-state index in [1.54, 1.807) is 0 Å². The zero-order chi connectivity index (χ0) is 9.26. The molecule has 2 unspecified atom stereocenters. The molecule has 14 heavy (non-hydrogen) atoms. The van der Waals surface area contributed by atoms with Crippen molar-refractivity contribution in [3.8, 4) is 0 Å². The minimum Gasteiger partial charge on any atom is -0.396 e. The van der Waals surface area contributed by atoms with Crippen LogP contribution in [0.15, 0.2) is 0 Å². The fraction of sp³-hybridized carbons (Fsp3) is 1.00. The third-order valence-corrected chi connectivity index (χ3v) is 3.43. The summed E-state index contributed by atoms with van der Waals surface area (Å²) in [7, 11) is 0. The second kappa shape index (κ2) is 5.29. The summed E-state index contributed by atoms with van der Waals surface area (Å²) in [6.07, 6.45) is 2.43. The first-order valence-electron chi connectivity index (χ1n) is 5.28. The van der Waals surface area contributed by atoms with Gasteiger partial charge < -0.3 is 10.0 Å². The van der Waals surface area contributed by atoms with E-state index < -0.39 is 6.17 Å². The second-order valence-electron chi connectivity index (χ2n) is 4.38. The highest BCUT2D eigenvalue weighted by Gasteiger charge is 2.41. The van der Waals surface area contributed by atoms with Gasteiger partial charge in [-0.2, -0.15) is 0 Å². The van der Waals surface area contributed by atoms with Crippen LogP contribution >= 0.6 is 12.4 Å². The Hall–Kier alpha value is 0.140. The van der Waals surface area contributed by atoms with Crippen LogP contribution in [-0.2, 0) is 0 Å². The molecule has 2 nitrogen and oxygen atoms in total. The lowest BCUT2D eigenvalue weighted by molar-refractivity contribution is 0.0738. The van der Waals surface area contributed by atoms with Crippen LogP contribution in [0.25, 0.3) is 0 Å². The van der Waals surface area contributed by atoms with E-state index >= 15 is 0 Å². The van der Waals surface area contributed by atoms with Crippen molar-refractivity contribution in [2.24, 2.45) is 11.8 Å². The van der Waals surface area contributed by atoms with Crippen molar-refractivity contribution >= 4 is 12.4 Å². The van der Waals surface area contributed by atoms with Crippen molar-refractivity contribution in [3.05, 3.63) is 0 Å². The lowest BCUT2D eigenvalue weighted by atomic mass is 9.96. The highest BCUT2D eigenvalue weighted by molar-refractivity contribution is 5.85. The maximum absolute atomic E-state index is 13.5. The van der Waals surface area contributed by atoms with Crippen LogP contribution in [-0.4, -0.2) is 42.4 Å². The Morgan fingerprint density at radius 3 is 2.29 bits per heavy atom. The number of nitrogens with zero attached hydrogens (tertiary/aromatic N) is 1. The Morgan fingerprint density at radius 1 is 1.21 bits per heavy atom. The fourth-order valence-electron chi connectivity index (χ4n) is 2.73. The number of hydrogen-bond donors (Lipinski definition) is 1. The molecule has 0 radical (unpaired) electrons. The molecule has 2 fully saturated rings. The second-order valence-corrected chi connectivity index (χ2v) is 4.38. The largest absolute Gasteiger partial charge is 0.396 e. The van der Waals surface area contributed by atoms with E-state index in [9.17, 15) is 4.39 Å². The summed E-state index contributed by atoms with van der Waals surface area (Å²) in [5, 5.41) is 8.70. The first-order chi connectivity index (χ1) is 6.31. The summed E-state index contributed by atoms with van der Waals surface area (Å²) in [6.45, 7) is 3.02. The molecular weight excluding hydrogens is 205 g/mol. The van der Waals surface area contributed by atoms with Crippen LogP contribution in [0.4, 0.5) is 4.39 Å². The van der Waals surface area contributed by atoms with Gasteiger partial charge in [-0.3, -0.25) is 0 Å². The smallest absolute Gasteiger partial charge is 0.108 e. The molecule has 0 amide bonds. The van der Waals surface area contributed by atoms with Crippen LogP contribution in [0, 0.1) is 11.8 Å². The van der Waals surface area contributed by atoms with Crippen molar-refractivity contribution in [2.45, 2.75) is 25.4 Å². The number of rotatable bonds is 3. The van der Waals surface area contributed by atoms with Gasteiger partial charge in [-0.1, -0.05) is 0 Å². The first kappa shape index (κ1) is 12.2. The number of likely N-dealkylation sites (tertiary alicyclic amines) is 1. The highest BCUT2D eigenvalue weighted by atomic mass is 35.5. The number of aliphatic hydroxyl groups is 1. The average molecular weight is 224 g/mol. The molecule has 0 spiro atoms. The molecule has 1 saturated heterocycles. The molecule has 1 aliphatic carbocycles. The summed E-state index contributed by atoms with van der Waals surface area (Å²) in [5.41, 5.74) is 0. The lowest BCUT2D eigenvalue weighted by Crippen LogP contribution is -2.43. The standard InChI is InChI=1S/C10H18FNO.ClH/c11-10-8-2-3-9(10)7-12(6-8)4-1-5-13;/h8-10,13H,1-7H2;1H. The van der Waals surface area contributed by atoms with Gasteiger partial charge in [0.25, 0.3) is 0 Å². The van der Waals surface area contributed by atoms with E-state index in [4.69, 9.17) is 5.11 Å². The SMILES string of the molecule is Cl.OCCCN1CC2CCC(C1)C2F. The molecule has 1 saturated carbocycles.